The normalized spacial score (nSPS) is 24.0. The van der Waals surface area contributed by atoms with E-state index in [1.807, 2.05) is 6.92 Å². The highest BCUT2D eigenvalue weighted by atomic mass is 16.4. The molecule has 0 bridgehead atoms. The van der Waals surface area contributed by atoms with E-state index < -0.39 is 12.0 Å². The average molecular weight is 237 g/mol. The summed E-state index contributed by atoms with van der Waals surface area (Å²) in [5.41, 5.74) is 0.299. The maximum atomic E-state index is 12.1. The molecule has 1 aromatic rings. The number of nitrogens with zero attached hydrogens (tertiary/aromatic N) is 3. The summed E-state index contributed by atoms with van der Waals surface area (Å²) >= 11 is 0. The van der Waals surface area contributed by atoms with Crippen molar-refractivity contribution in [3.05, 3.63) is 18.2 Å². The highest BCUT2D eigenvalue weighted by molar-refractivity contribution is 5.95. The van der Waals surface area contributed by atoms with Crippen LogP contribution in [0.5, 0.6) is 0 Å². The predicted molar refractivity (Wildman–Crippen MR) is 59.4 cm³/mol. The maximum Gasteiger partial charge on any atom is 0.326 e. The Morgan fingerprint density at radius 2 is 2.24 bits per heavy atom. The lowest BCUT2D eigenvalue weighted by molar-refractivity contribution is -0.142. The quantitative estimate of drug-likeness (QED) is 0.805. The van der Waals surface area contributed by atoms with Crippen molar-refractivity contribution in [3.8, 4) is 0 Å². The molecule has 2 rings (SSSR count). The van der Waals surface area contributed by atoms with Crippen molar-refractivity contribution >= 4 is 11.9 Å². The maximum absolute atomic E-state index is 12.1. The molecule has 1 aromatic heterocycles. The zero-order chi connectivity index (χ0) is 12.6. The van der Waals surface area contributed by atoms with Crippen LogP contribution >= 0.6 is 0 Å². The molecule has 0 radical (unpaired) electrons. The van der Waals surface area contributed by atoms with Crippen LogP contribution in [0.3, 0.4) is 0 Å². The first kappa shape index (κ1) is 11.6. The number of aryl methyl sites for hydroxylation is 1. The van der Waals surface area contributed by atoms with Crippen molar-refractivity contribution in [2.24, 2.45) is 13.0 Å². The van der Waals surface area contributed by atoms with Crippen LogP contribution in [-0.4, -0.2) is 44.0 Å². The first-order chi connectivity index (χ1) is 8.00. The second-order valence-corrected chi connectivity index (χ2v) is 4.47. The summed E-state index contributed by atoms with van der Waals surface area (Å²) in [6.07, 6.45) is 3.85. The smallest absolute Gasteiger partial charge is 0.326 e. The van der Waals surface area contributed by atoms with Gasteiger partial charge < -0.3 is 14.6 Å². The summed E-state index contributed by atoms with van der Waals surface area (Å²) in [4.78, 5) is 28.6. The molecule has 2 unspecified atom stereocenters. The van der Waals surface area contributed by atoms with Crippen molar-refractivity contribution in [2.75, 3.05) is 6.54 Å². The molecule has 2 heterocycles. The summed E-state index contributed by atoms with van der Waals surface area (Å²) in [5, 5.41) is 9.14. The van der Waals surface area contributed by atoms with E-state index >= 15 is 0 Å². The number of aliphatic carboxylic acids is 1. The van der Waals surface area contributed by atoms with Crippen LogP contribution in [0.1, 0.15) is 23.8 Å². The van der Waals surface area contributed by atoms with Crippen LogP contribution < -0.4 is 0 Å². The van der Waals surface area contributed by atoms with Gasteiger partial charge in [0.1, 0.15) is 11.7 Å². The molecule has 6 heteroatoms. The number of hydrogen-bond acceptors (Lipinski definition) is 3. The van der Waals surface area contributed by atoms with Gasteiger partial charge in [0, 0.05) is 19.8 Å². The van der Waals surface area contributed by atoms with Gasteiger partial charge in [0.25, 0.3) is 5.91 Å². The molecular formula is C11H15N3O3. The summed E-state index contributed by atoms with van der Waals surface area (Å²) in [6, 6.07) is -0.732. The van der Waals surface area contributed by atoms with E-state index in [1.165, 1.54) is 11.2 Å². The molecule has 0 spiro atoms. The number of aromatic nitrogens is 2. The Kier molecular flexibility index (Phi) is 2.87. The van der Waals surface area contributed by atoms with E-state index in [2.05, 4.69) is 4.98 Å². The number of amides is 1. The number of carbonyl (C=O) groups is 2. The minimum atomic E-state index is -0.945. The van der Waals surface area contributed by atoms with Gasteiger partial charge in [0.2, 0.25) is 0 Å². The Morgan fingerprint density at radius 1 is 1.53 bits per heavy atom. The third-order valence-corrected chi connectivity index (χ3v) is 3.14. The number of rotatable bonds is 2. The molecule has 2 atom stereocenters. The van der Waals surface area contributed by atoms with Gasteiger partial charge in [-0.2, -0.15) is 0 Å². The summed E-state index contributed by atoms with van der Waals surface area (Å²) < 4.78 is 1.67. The lowest BCUT2D eigenvalue weighted by Crippen LogP contribution is -2.42. The number of imidazole rings is 1. The third-order valence-electron chi connectivity index (χ3n) is 3.14. The molecule has 1 saturated heterocycles. The van der Waals surface area contributed by atoms with E-state index in [1.54, 1.807) is 17.8 Å². The molecule has 1 amide bonds. The zero-order valence-electron chi connectivity index (χ0n) is 9.83. The monoisotopic (exact) mass is 237 g/mol. The molecule has 0 aliphatic carbocycles. The Morgan fingerprint density at radius 3 is 2.76 bits per heavy atom. The Labute approximate surface area is 98.9 Å². The second kappa shape index (κ2) is 4.20. The lowest BCUT2D eigenvalue weighted by Gasteiger charge is -2.22. The number of carboxylic acids is 1. The van der Waals surface area contributed by atoms with Gasteiger partial charge in [-0.25, -0.2) is 9.78 Å². The van der Waals surface area contributed by atoms with Gasteiger partial charge >= 0.3 is 5.97 Å². The van der Waals surface area contributed by atoms with E-state index in [0.717, 1.165) is 6.42 Å². The van der Waals surface area contributed by atoms with Gasteiger partial charge in [0.15, 0.2) is 0 Å². The fourth-order valence-electron chi connectivity index (χ4n) is 2.22. The van der Waals surface area contributed by atoms with Gasteiger partial charge in [0.05, 0.1) is 6.33 Å². The summed E-state index contributed by atoms with van der Waals surface area (Å²) in [5.74, 6) is -1.26. The van der Waals surface area contributed by atoms with Crippen molar-refractivity contribution < 1.29 is 14.7 Å². The third kappa shape index (κ3) is 2.02. The van der Waals surface area contributed by atoms with Crippen molar-refractivity contribution in [2.45, 2.75) is 19.4 Å². The fourth-order valence-corrected chi connectivity index (χ4v) is 2.22. The van der Waals surface area contributed by atoms with Crippen LogP contribution in [0.2, 0.25) is 0 Å². The molecule has 6 nitrogen and oxygen atoms in total. The number of hydrogen-bond donors (Lipinski definition) is 1. The number of carboxylic acid groups (broad SMARTS) is 1. The van der Waals surface area contributed by atoms with E-state index in [-0.39, 0.29) is 11.8 Å². The Bertz CT molecular complexity index is 455. The zero-order valence-corrected chi connectivity index (χ0v) is 9.83. The first-order valence-electron chi connectivity index (χ1n) is 5.52. The lowest BCUT2D eigenvalue weighted by atomic mass is 10.0. The second-order valence-electron chi connectivity index (χ2n) is 4.47. The minimum absolute atomic E-state index is 0.0137. The van der Waals surface area contributed by atoms with E-state index in [4.69, 9.17) is 5.11 Å². The van der Waals surface area contributed by atoms with Crippen LogP contribution in [0.25, 0.3) is 0 Å². The summed E-state index contributed by atoms with van der Waals surface area (Å²) in [7, 11) is 1.77. The molecule has 0 aromatic carbocycles. The van der Waals surface area contributed by atoms with Gasteiger partial charge in [-0.05, 0) is 12.3 Å². The molecule has 92 valence electrons. The van der Waals surface area contributed by atoms with Crippen molar-refractivity contribution in [1.29, 1.82) is 0 Å². The van der Waals surface area contributed by atoms with Crippen LogP contribution in [0.4, 0.5) is 0 Å². The largest absolute Gasteiger partial charge is 0.480 e. The predicted octanol–water partition coefficient (Wildman–Crippen LogP) is 0.355. The molecule has 1 fully saturated rings. The molecule has 1 aliphatic heterocycles. The highest BCUT2D eigenvalue weighted by Gasteiger charge is 2.40. The highest BCUT2D eigenvalue weighted by Crippen LogP contribution is 2.25. The Balaban J connectivity index is 2.22. The van der Waals surface area contributed by atoms with Gasteiger partial charge in [-0.15, -0.1) is 0 Å². The van der Waals surface area contributed by atoms with Crippen LogP contribution in [0, 0.1) is 5.92 Å². The van der Waals surface area contributed by atoms with Gasteiger partial charge in [-0.1, -0.05) is 6.92 Å². The van der Waals surface area contributed by atoms with Gasteiger partial charge in [-0.3, -0.25) is 4.79 Å². The molecule has 0 saturated carbocycles. The Hall–Kier alpha value is -1.85. The van der Waals surface area contributed by atoms with E-state index in [0.29, 0.717) is 12.2 Å². The molecule has 17 heavy (non-hydrogen) atoms. The first-order valence-corrected chi connectivity index (χ1v) is 5.52. The topological polar surface area (TPSA) is 75.4 Å². The van der Waals surface area contributed by atoms with Crippen LogP contribution in [0.15, 0.2) is 12.5 Å². The molecule has 1 N–H and O–H groups in total. The number of carbonyl (C=O) groups excluding carboxylic acids is 1. The standard InChI is InChI=1S/C11H15N3O3/c1-7-3-4-14(9(7)11(16)17)10(15)8-5-13(2)6-12-8/h5-7,9H,3-4H2,1-2H3,(H,16,17). The minimum Gasteiger partial charge on any atom is -0.480 e. The van der Waals surface area contributed by atoms with E-state index in [9.17, 15) is 9.59 Å². The number of likely N-dealkylation sites (tertiary alicyclic amines) is 1. The van der Waals surface area contributed by atoms with Crippen LogP contribution in [-0.2, 0) is 11.8 Å². The molecule has 1 aliphatic rings. The SMILES string of the molecule is CC1CCN(C(=O)c2cn(C)cn2)C1C(=O)O. The fraction of sp³-hybridized carbons (Fsp3) is 0.545. The summed E-state index contributed by atoms with van der Waals surface area (Å²) in [6.45, 7) is 2.33. The average Bonchev–Trinajstić information content (AvgIpc) is 2.83. The molecular weight excluding hydrogens is 222 g/mol. The van der Waals surface area contributed by atoms with Crippen molar-refractivity contribution in [1.82, 2.24) is 14.5 Å². The van der Waals surface area contributed by atoms with Crippen molar-refractivity contribution in [3.63, 3.8) is 0 Å².